The van der Waals surface area contributed by atoms with Crippen molar-refractivity contribution in [3.05, 3.63) is 73.8 Å². The van der Waals surface area contributed by atoms with Gasteiger partial charge in [0.15, 0.2) is 0 Å². The Hall–Kier alpha value is -2.64. The van der Waals surface area contributed by atoms with Gasteiger partial charge in [0.2, 0.25) is 5.91 Å². The van der Waals surface area contributed by atoms with Crippen molar-refractivity contribution in [2.24, 2.45) is 0 Å². The van der Waals surface area contributed by atoms with Gasteiger partial charge in [0.05, 0.1) is 11.3 Å². The lowest BCUT2D eigenvalue weighted by molar-refractivity contribution is -0.384. The van der Waals surface area contributed by atoms with Crippen LogP contribution in [0.15, 0.2) is 42.5 Å². The molecule has 2 aromatic carbocycles. The van der Waals surface area contributed by atoms with Crippen molar-refractivity contribution in [3.8, 4) is 0 Å². The van der Waals surface area contributed by atoms with Crippen LogP contribution in [0.2, 0.25) is 10.0 Å². The summed E-state index contributed by atoms with van der Waals surface area (Å²) in [5, 5.41) is 11.5. The van der Waals surface area contributed by atoms with E-state index in [1.807, 2.05) is 0 Å². The number of non-ortho nitro benzene ring substituents is 1. The molecule has 0 unspecified atom stereocenters. The number of nitrogens with zero attached hydrogens (tertiary/aromatic N) is 1. The number of nitro benzene ring substituents is 1. The summed E-state index contributed by atoms with van der Waals surface area (Å²) in [6.07, 6.45) is -0.0643. The second kappa shape index (κ2) is 7.76. The number of carbonyl (C=O) groups is 2. The van der Waals surface area contributed by atoms with Crippen molar-refractivity contribution in [2.45, 2.75) is 6.42 Å². The number of nitro groups is 1. The van der Waals surface area contributed by atoms with Crippen molar-refractivity contribution < 1.29 is 14.5 Å². The van der Waals surface area contributed by atoms with Gasteiger partial charge in [-0.2, -0.15) is 0 Å². The summed E-state index contributed by atoms with van der Waals surface area (Å²) in [7, 11) is 0. The number of hydrogen-bond donors (Lipinski definition) is 2. The third kappa shape index (κ3) is 4.68. The summed E-state index contributed by atoms with van der Waals surface area (Å²) < 4.78 is 0. The van der Waals surface area contributed by atoms with E-state index in [1.54, 1.807) is 12.1 Å². The number of amides is 2. The first-order valence-corrected chi connectivity index (χ1v) is 7.40. The molecule has 0 bridgehead atoms. The summed E-state index contributed by atoms with van der Waals surface area (Å²) in [5.41, 5.74) is 4.78. The van der Waals surface area contributed by atoms with Gasteiger partial charge < -0.3 is 0 Å². The van der Waals surface area contributed by atoms with Crippen LogP contribution in [0.1, 0.15) is 15.9 Å². The molecule has 9 heteroatoms. The third-order valence-corrected chi connectivity index (χ3v) is 3.59. The zero-order valence-electron chi connectivity index (χ0n) is 12.1. The minimum absolute atomic E-state index is 0.0500. The number of rotatable bonds is 4. The first-order valence-electron chi connectivity index (χ1n) is 6.64. The van der Waals surface area contributed by atoms with E-state index in [1.165, 1.54) is 24.3 Å². The summed E-state index contributed by atoms with van der Waals surface area (Å²) in [4.78, 5) is 33.8. The molecule has 2 aromatic rings. The first-order chi connectivity index (χ1) is 11.4. The first kappa shape index (κ1) is 17.7. The molecule has 2 amide bonds. The van der Waals surface area contributed by atoms with Crippen LogP contribution in [0.3, 0.4) is 0 Å². The molecule has 124 valence electrons. The molecule has 0 aliphatic carbocycles. The summed E-state index contributed by atoms with van der Waals surface area (Å²) in [6.45, 7) is 0. The fourth-order valence-corrected chi connectivity index (χ4v) is 2.32. The minimum atomic E-state index is -0.672. The van der Waals surface area contributed by atoms with Gasteiger partial charge in [0.1, 0.15) is 0 Å². The highest BCUT2D eigenvalue weighted by atomic mass is 35.5. The molecule has 0 radical (unpaired) electrons. The van der Waals surface area contributed by atoms with Gasteiger partial charge in [-0.3, -0.25) is 30.6 Å². The Bertz CT molecular complexity index is 811. The van der Waals surface area contributed by atoms with Crippen LogP contribution in [0, 0.1) is 10.1 Å². The highest BCUT2D eigenvalue weighted by Gasteiger charge is 2.13. The normalized spacial score (nSPS) is 10.1. The molecule has 0 fully saturated rings. The lowest BCUT2D eigenvalue weighted by Crippen LogP contribution is -2.42. The van der Waals surface area contributed by atoms with Crippen LogP contribution in [-0.2, 0) is 11.2 Å². The monoisotopic (exact) mass is 367 g/mol. The molecule has 0 aromatic heterocycles. The Morgan fingerprint density at radius 3 is 2.50 bits per heavy atom. The fraction of sp³-hybridized carbons (Fsp3) is 0.0667. The molecule has 2 rings (SSSR count). The Kier molecular flexibility index (Phi) is 5.73. The smallest absolute Gasteiger partial charge is 0.270 e. The van der Waals surface area contributed by atoms with Crippen LogP contribution in [0.25, 0.3) is 0 Å². The van der Waals surface area contributed by atoms with Gasteiger partial charge in [0.25, 0.3) is 11.6 Å². The second-order valence-corrected chi connectivity index (χ2v) is 5.57. The number of benzene rings is 2. The maximum atomic E-state index is 11.9. The molecule has 24 heavy (non-hydrogen) atoms. The van der Waals surface area contributed by atoms with Gasteiger partial charge in [0, 0.05) is 27.7 Å². The average molecular weight is 368 g/mol. The quantitative estimate of drug-likeness (QED) is 0.640. The van der Waals surface area contributed by atoms with E-state index in [9.17, 15) is 19.7 Å². The fourth-order valence-electron chi connectivity index (χ4n) is 1.84. The molecule has 0 saturated heterocycles. The SMILES string of the molecule is O=C(Cc1ccc(Cl)cc1Cl)NNC(=O)c1cccc([N+](=O)[O-])c1. The van der Waals surface area contributed by atoms with E-state index in [4.69, 9.17) is 23.2 Å². The summed E-state index contributed by atoms with van der Waals surface area (Å²) in [6, 6.07) is 9.85. The van der Waals surface area contributed by atoms with Gasteiger partial charge in [-0.15, -0.1) is 0 Å². The third-order valence-electron chi connectivity index (χ3n) is 3.00. The molecule has 2 N–H and O–H groups in total. The Morgan fingerprint density at radius 2 is 1.83 bits per heavy atom. The van der Waals surface area contributed by atoms with E-state index in [0.717, 1.165) is 6.07 Å². The van der Waals surface area contributed by atoms with Crippen molar-refractivity contribution >= 4 is 40.7 Å². The zero-order chi connectivity index (χ0) is 17.7. The van der Waals surface area contributed by atoms with E-state index in [-0.39, 0.29) is 17.7 Å². The molecular formula is C15H11Cl2N3O4. The van der Waals surface area contributed by atoms with Crippen LogP contribution in [-0.4, -0.2) is 16.7 Å². The molecule has 0 saturated carbocycles. The van der Waals surface area contributed by atoms with Crippen molar-refractivity contribution in [1.29, 1.82) is 0 Å². The molecule has 0 spiro atoms. The number of nitrogens with one attached hydrogen (secondary N) is 2. The predicted molar refractivity (Wildman–Crippen MR) is 88.9 cm³/mol. The van der Waals surface area contributed by atoms with E-state index < -0.39 is 16.7 Å². The zero-order valence-corrected chi connectivity index (χ0v) is 13.6. The van der Waals surface area contributed by atoms with E-state index >= 15 is 0 Å². The van der Waals surface area contributed by atoms with Gasteiger partial charge in [-0.05, 0) is 23.8 Å². The Morgan fingerprint density at radius 1 is 1.08 bits per heavy atom. The second-order valence-electron chi connectivity index (χ2n) is 4.72. The van der Waals surface area contributed by atoms with Gasteiger partial charge in [-0.1, -0.05) is 35.3 Å². The predicted octanol–water partition coefficient (Wildman–Crippen LogP) is 2.91. The molecule has 7 nitrogen and oxygen atoms in total. The van der Waals surface area contributed by atoms with Crippen molar-refractivity contribution in [3.63, 3.8) is 0 Å². The summed E-state index contributed by atoms with van der Waals surface area (Å²) in [5.74, 6) is -1.17. The van der Waals surface area contributed by atoms with Crippen LogP contribution >= 0.6 is 23.2 Å². The maximum Gasteiger partial charge on any atom is 0.270 e. The Balaban J connectivity index is 1.95. The number of hydrazine groups is 1. The lowest BCUT2D eigenvalue weighted by Gasteiger charge is -2.08. The van der Waals surface area contributed by atoms with Crippen molar-refractivity contribution in [1.82, 2.24) is 10.9 Å². The van der Waals surface area contributed by atoms with Gasteiger partial charge in [-0.25, -0.2) is 0 Å². The van der Waals surface area contributed by atoms with Crippen LogP contribution < -0.4 is 10.9 Å². The number of halogens is 2. The minimum Gasteiger partial charge on any atom is -0.273 e. The lowest BCUT2D eigenvalue weighted by atomic mass is 10.1. The summed E-state index contributed by atoms with van der Waals surface area (Å²) >= 11 is 11.7. The Labute approximate surface area is 146 Å². The van der Waals surface area contributed by atoms with Gasteiger partial charge >= 0.3 is 0 Å². The standard InChI is InChI=1S/C15H11Cl2N3O4/c16-11-5-4-9(13(17)8-11)7-14(21)18-19-15(22)10-2-1-3-12(6-10)20(23)24/h1-6,8H,7H2,(H,18,21)(H,19,22). The maximum absolute atomic E-state index is 11.9. The number of hydrogen-bond acceptors (Lipinski definition) is 4. The van der Waals surface area contributed by atoms with E-state index in [0.29, 0.717) is 15.6 Å². The van der Waals surface area contributed by atoms with Crippen LogP contribution in [0.4, 0.5) is 5.69 Å². The number of carbonyl (C=O) groups excluding carboxylic acids is 2. The highest BCUT2D eigenvalue weighted by Crippen LogP contribution is 2.21. The van der Waals surface area contributed by atoms with Crippen molar-refractivity contribution in [2.75, 3.05) is 0 Å². The van der Waals surface area contributed by atoms with E-state index in [2.05, 4.69) is 10.9 Å². The molecule has 0 heterocycles. The average Bonchev–Trinajstić information content (AvgIpc) is 2.55. The topological polar surface area (TPSA) is 101 Å². The largest absolute Gasteiger partial charge is 0.273 e. The molecule has 0 aliphatic rings. The highest BCUT2D eigenvalue weighted by molar-refractivity contribution is 6.35. The molecular weight excluding hydrogens is 357 g/mol. The molecule has 0 aliphatic heterocycles. The van der Waals surface area contributed by atoms with Crippen LogP contribution in [0.5, 0.6) is 0 Å². The molecule has 0 atom stereocenters.